The average molecular weight is 271 g/mol. The van der Waals surface area contributed by atoms with Crippen molar-refractivity contribution in [2.24, 2.45) is 0 Å². The van der Waals surface area contributed by atoms with Gasteiger partial charge in [0.25, 0.3) is 0 Å². The molecule has 1 N–H and O–H groups in total. The van der Waals surface area contributed by atoms with Gasteiger partial charge in [0.2, 0.25) is 0 Å². The number of hydrogen-bond donors (Lipinski definition) is 1. The molecule has 0 atom stereocenters. The summed E-state index contributed by atoms with van der Waals surface area (Å²) in [5.74, 6) is 0. The standard InChI is InChI=1S/C17H21NO2/c1-3-8-16(9-4-1)14-19-13-7-12-18-20-15-17-10-5-2-6-11-17/h1-6,8-11,18H,7,12-15H2. The Labute approximate surface area is 120 Å². The van der Waals surface area contributed by atoms with Gasteiger partial charge in [0.1, 0.15) is 0 Å². The molecule has 0 fully saturated rings. The maximum Gasteiger partial charge on any atom is 0.0933 e. The zero-order valence-corrected chi connectivity index (χ0v) is 11.6. The molecule has 2 aromatic rings. The molecule has 0 aliphatic heterocycles. The first-order chi connectivity index (χ1) is 9.95. The molecule has 2 aromatic carbocycles. The van der Waals surface area contributed by atoms with Crippen LogP contribution < -0.4 is 5.48 Å². The lowest BCUT2D eigenvalue weighted by molar-refractivity contribution is 0.0208. The van der Waals surface area contributed by atoms with Gasteiger partial charge in [-0.15, -0.1) is 0 Å². The smallest absolute Gasteiger partial charge is 0.0933 e. The molecule has 0 radical (unpaired) electrons. The Bertz CT molecular complexity index is 413. The summed E-state index contributed by atoms with van der Waals surface area (Å²) in [4.78, 5) is 5.38. The zero-order valence-electron chi connectivity index (χ0n) is 11.6. The first-order valence-corrected chi connectivity index (χ1v) is 6.95. The van der Waals surface area contributed by atoms with Crippen molar-refractivity contribution in [2.45, 2.75) is 19.6 Å². The van der Waals surface area contributed by atoms with Gasteiger partial charge >= 0.3 is 0 Å². The molecule has 0 amide bonds. The molecule has 20 heavy (non-hydrogen) atoms. The molecule has 3 nitrogen and oxygen atoms in total. The first kappa shape index (κ1) is 14.7. The Balaban J connectivity index is 1.44. The Morgan fingerprint density at radius 2 is 1.35 bits per heavy atom. The van der Waals surface area contributed by atoms with E-state index in [-0.39, 0.29) is 0 Å². The lowest BCUT2D eigenvalue weighted by Crippen LogP contribution is -2.17. The highest BCUT2D eigenvalue weighted by Gasteiger charge is 1.94. The third kappa shape index (κ3) is 5.97. The molecule has 0 bridgehead atoms. The van der Waals surface area contributed by atoms with Crippen LogP contribution in [0.5, 0.6) is 0 Å². The van der Waals surface area contributed by atoms with Crippen molar-refractivity contribution in [2.75, 3.05) is 13.2 Å². The van der Waals surface area contributed by atoms with Gasteiger partial charge in [0.05, 0.1) is 13.2 Å². The van der Waals surface area contributed by atoms with E-state index in [1.54, 1.807) is 0 Å². The summed E-state index contributed by atoms with van der Waals surface area (Å²) in [5.41, 5.74) is 5.33. The van der Waals surface area contributed by atoms with Gasteiger partial charge < -0.3 is 4.74 Å². The van der Waals surface area contributed by atoms with Crippen molar-refractivity contribution >= 4 is 0 Å². The van der Waals surface area contributed by atoms with Crippen LogP contribution in [0.25, 0.3) is 0 Å². The third-order valence-electron chi connectivity index (χ3n) is 2.86. The Morgan fingerprint density at radius 1 is 0.750 bits per heavy atom. The molecular weight excluding hydrogens is 250 g/mol. The summed E-state index contributed by atoms with van der Waals surface area (Å²) in [6.45, 7) is 2.79. The Morgan fingerprint density at radius 3 is 2.00 bits per heavy atom. The van der Waals surface area contributed by atoms with Crippen LogP contribution in [0.3, 0.4) is 0 Å². The topological polar surface area (TPSA) is 30.5 Å². The van der Waals surface area contributed by atoms with Gasteiger partial charge in [-0.3, -0.25) is 4.84 Å². The molecule has 0 saturated carbocycles. The van der Waals surface area contributed by atoms with Gasteiger partial charge in [-0.25, -0.2) is 5.48 Å². The molecule has 0 saturated heterocycles. The molecule has 0 heterocycles. The lowest BCUT2D eigenvalue weighted by atomic mass is 10.2. The fourth-order valence-electron chi connectivity index (χ4n) is 1.79. The van der Waals surface area contributed by atoms with Crippen LogP contribution in [0.15, 0.2) is 60.7 Å². The number of hydrogen-bond acceptors (Lipinski definition) is 3. The van der Waals surface area contributed by atoms with Crippen molar-refractivity contribution < 1.29 is 9.57 Å². The summed E-state index contributed by atoms with van der Waals surface area (Å²) in [5, 5.41) is 0. The molecular formula is C17H21NO2. The van der Waals surface area contributed by atoms with Gasteiger partial charge in [0.15, 0.2) is 0 Å². The minimum absolute atomic E-state index is 0.589. The summed E-state index contributed by atoms with van der Waals surface area (Å²) >= 11 is 0. The minimum Gasteiger partial charge on any atom is -0.377 e. The largest absolute Gasteiger partial charge is 0.377 e. The van der Waals surface area contributed by atoms with Crippen molar-refractivity contribution in [3.8, 4) is 0 Å². The number of rotatable bonds is 9. The molecule has 2 rings (SSSR count). The quantitative estimate of drug-likeness (QED) is 0.560. The predicted octanol–water partition coefficient (Wildman–Crippen LogP) is 3.31. The van der Waals surface area contributed by atoms with Crippen LogP contribution in [-0.2, 0) is 22.8 Å². The maximum atomic E-state index is 5.59. The van der Waals surface area contributed by atoms with E-state index in [4.69, 9.17) is 9.57 Å². The van der Waals surface area contributed by atoms with Crippen molar-refractivity contribution in [1.82, 2.24) is 5.48 Å². The van der Waals surface area contributed by atoms with E-state index in [2.05, 4.69) is 17.6 Å². The van der Waals surface area contributed by atoms with E-state index in [1.165, 1.54) is 11.1 Å². The Hall–Kier alpha value is -1.68. The second-order valence-electron chi connectivity index (χ2n) is 4.56. The molecule has 0 unspecified atom stereocenters. The highest BCUT2D eigenvalue weighted by molar-refractivity contribution is 5.13. The predicted molar refractivity (Wildman–Crippen MR) is 79.9 cm³/mol. The summed E-state index contributed by atoms with van der Waals surface area (Å²) < 4.78 is 5.59. The Kier molecular flexibility index (Phi) is 6.82. The van der Waals surface area contributed by atoms with Crippen LogP contribution in [-0.4, -0.2) is 13.2 Å². The molecule has 0 aromatic heterocycles. The van der Waals surface area contributed by atoms with Gasteiger partial charge in [-0.1, -0.05) is 60.7 Å². The first-order valence-electron chi connectivity index (χ1n) is 6.95. The molecule has 3 heteroatoms. The maximum absolute atomic E-state index is 5.59. The zero-order chi connectivity index (χ0) is 13.9. The van der Waals surface area contributed by atoms with Crippen molar-refractivity contribution in [1.29, 1.82) is 0 Å². The van der Waals surface area contributed by atoms with Crippen LogP contribution in [0.4, 0.5) is 0 Å². The second kappa shape index (κ2) is 9.26. The minimum atomic E-state index is 0.589. The number of ether oxygens (including phenoxy) is 1. The van der Waals surface area contributed by atoms with Gasteiger partial charge in [-0.2, -0.15) is 0 Å². The highest BCUT2D eigenvalue weighted by atomic mass is 16.6. The number of hydroxylamine groups is 1. The van der Waals surface area contributed by atoms with Crippen LogP contribution in [0.2, 0.25) is 0 Å². The average Bonchev–Trinajstić information content (AvgIpc) is 2.52. The monoisotopic (exact) mass is 271 g/mol. The van der Waals surface area contributed by atoms with E-state index in [0.717, 1.165) is 19.6 Å². The van der Waals surface area contributed by atoms with E-state index in [9.17, 15) is 0 Å². The third-order valence-corrected chi connectivity index (χ3v) is 2.86. The molecule has 106 valence electrons. The van der Waals surface area contributed by atoms with Gasteiger partial charge in [0, 0.05) is 13.2 Å². The van der Waals surface area contributed by atoms with E-state index in [1.807, 2.05) is 48.5 Å². The normalized spacial score (nSPS) is 10.6. The fraction of sp³-hybridized carbons (Fsp3) is 0.294. The van der Waals surface area contributed by atoms with E-state index >= 15 is 0 Å². The van der Waals surface area contributed by atoms with Crippen LogP contribution in [0.1, 0.15) is 17.5 Å². The second-order valence-corrected chi connectivity index (χ2v) is 4.56. The molecule has 0 spiro atoms. The number of benzene rings is 2. The van der Waals surface area contributed by atoms with E-state index < -0.39 is 0 Å². The van der Waals surface area contributed by atoms with Crippen LogP contribution >= 0.6 is 0 Å². The number of nitrogens with one attached hydrogen (secondary N) is 1. The summed E-state index contributed by atoms with van der Waals surface area (Å²) in [6, 6.07) is 20.3. The van der Waals surface area contributed by atoms with E-state index in [0.29, 0.717) is 13.2 Å². The van der Waals surface area contributed by atoms with Gasteiger partial charge in [-0.05, 0) is 17.5 Å². The van der Waals surface area contributed by atoms with Crippen LogP contribution in [0, 0.1) is 0 Å². The molecule has 0 aliphatic rings. The SMILES string of the molecule is c1ccc(COCCCNOCc2ccccc2)cc1. The molecule has 0 aliphatic carbocycles. The lowest BCUT2D eigenvalue weighted by Gasteiger charge is -2.07. The van der Waals surface area contributed by atoms with Crippen molar-refractivity contribution in [3.63, 3.8) is 0 Å². The summed E-state index contributed by atoms with van der Waals surface area (Å²) in [6.07, 6.45) is 0.932. The van der Waals surface area contributed by atoms with Crippen molar-refractivity contribution in [3.05, 3.63) is 71.8 Å². The fourth-order valence-corrected chi connectivity index (χ4v) is 1.79. The summed E-state index contributed by atoms with van der Waals surface area (Å²) in [7, 11) is 0. The highest BCUT2D eigenvalue weighted by Crippen LogP contribution is 2.01.